The van der Waals surface area contributed by atoms with Gasteiger partial charge in [0, 0.05) is 18.9 Å². The van der Waals surface area contributed by atoms with Gasteiger partial charge in [0.15, 0.2) is 5.78 Å². The molecule has 0 spiro atoms. The molecule has 1 aliphatic rings. The molecule has 1 saturated carbocycles. The van der Waals surface area contributed by atoms with E-state index in [0.29, 0.717) is 13.0 Å². The molecule has 128 valence electrons. The molecule has 1 aromatic carbocycles. The van der Waals surface area contributed by atoms with Crippen LogP contribution in [-0.2, 0) is 4.74 Å². The first kappa shape index (κ1) is 16.8. The molecule has 0 N–H and O–H groups in total. The molecule has 4 nitrogen and oxygen atoms in total. The lowest BCUT2D eigenvalue weighted by atomic mass is 9.66. The highest BCUT2D eigenvalue weighted by Gasteiger charge is 2.40. The molecule has 5 heteroatoms. The zero-order chi connectivity index (χ0) is 17.2. The van der Waals surface area contributed by atoms with E-state index in [0.717, 1.165) is 24.8 Å². The van der Waals surface area contributed by atoms with Crippen LogP contribution in [0.1, 0.15) is 54.7 Å². The Balaban J connectivity index is 1.86. The summed E-state index contributed by atoms with van der Waals surface area (Å²) in [5.41, 5.74) is 0.955. The van der Waals surface area contributed by atoms with Gasteiger partial charge in [-0.05, 0) is 25.3 Å². The van der Waals surface area contributed by atoms with Gasteiger partial charge in [-0.2, -0.15) is 4.39 Å². The molecule has 24 heavy (non-hydrogen) atoms. The van der Waals surface area contributed by atoms with Crippen molar-refractivity contribution in [2.24, 2.45) is 5.41 Å². The summed E-state index contributed by atoms with van der Waals surface area (Å²) < 4.78 is 21.2. The van der Waals surface area contributed by atoms with Crippen molar-refractivity contribution in [1.29, 1.82) is 0 Å². The smallest absolute Gasteiger partial charge is 0.241 e. The number of carbonyl (C=O) groups excluding carboxylic acids is 1. The van der Waals surface area contributed by atoms with Crippen LogP contribution in [0.15, 0.2) is 36.7 Å². The van der Waals surface area contributed by atoms with Gasteiger partial charge in [0.1, 0.15) is 5.69 Å². The minimum Gasteiger partial charge on any atom is -0.384 e. The van der Waals surface area contributed by atoms with E-state index < -0.39 is 5.95 Å². The summed E-state index contributed by atoms with van der Waals surface area (Å²) in [6.45, 7) is 2.49. The molecule has 2 aromatic rings. The summed E-state index contributed by atoms with van der Waals surface area (Å²) in [4.78, 5) is 16.6. The van der Waals surface area contributed by atoms with Crippen molar-refractivity contribution in [3.63, 3.8) is 0 Å². The van der Waals surface area contributed by atoms with Crippen molar-refractivity contribution < 1.29 is 13.9 Å². The second-order valence-corrected chi connectivity index (χ2v) is 6.76. The van der Waals surface area contributed by atoms with E-state index in [2.05, 4.69) is 4.98 Å². The molecule has 0 saturated heterocycles. The van der Waals surface area contributed by atoms with Crippen LogP contribution in [0.4, 0.5) is 4.39 Å². The van der Waals surface area contributed by atoms with Gasteiger partial charge in [0.2, 0.25) is 5.95 Å². The fourth-order valence-electron chi connectivity index (χ4n) is 3.56. The number of imidazole rings is 1. The quantitative estimate of drug-likeness (QED) is 0.720. The number of hydrogen-bond acceptors (Lipinski definition) is 3. The van der Waals surface area contributed by atoms with E-state index in [-0.39, 0.29) is 22.9 Å². The van der Waals surface area contributed by atoms with Crippen LogP contribution in [-0.4, -0.2) is 29.1 Å². The SMILES string of the molecule is COCC1(CC(=O)c2c(F)ncn2[C@H](C)c2ccccc2)CCC1. The third-order valence-electron chi connectivity index (χ3n) is 5.11. The highest BCUT2D eigenvalue weighted by molar-refractivity contribution is 5.95. The van der Waals surface area contributed by atoms with Crippen molar-refractivity contribution in [3.8, 4) is 0 Å². The Bertz CT molecular complexity index is 707. The van der Waals surface area contributed by atoms with Crippen LogP contribution in [0.3, 0.4) is 0 Å². The van der Waals surface area contributed by atoms with Crippen molar-refractivity contribution in [3.05, 3.63) is 53.9 Å². The average Bonchev–Trinajstić information content (AvgIpc) is 2.94. The van der Waals surface area contributed by atoms with Crippen LogP contribution < -0.4 is 0 Å². The maximum Gasteiger partial charge on any atom is 0.241 e. The molecule has 0 aliphatic heterocycles. The maximum atomic E-state index is 14.2. The van der Waals surface area contributed by atoms with Crippen LogP contribution in [0, 0.1) is 11.4 Å². The van der Waals surface area contributed by atoms with Crippen LogP contribution >= 0.6 is 0 Å². The molecular weight excluding hydrogens is 307 g/mol. The monoisotopic (exact) mass is 330 g/mol. The summed E-state index contributed by atoms with van der Waals surface area (Å²) >= 11 is 0. The summed E-state index contributed by atoms with van der Waals surface area (Å²) in [5, 5.41) is 0. The number of ether oxygens (including phenoxy) is 1. The van der Waals surface area contributed by atoms with Crippen LogP contribution in [0.25, 0.3) is 0 Å². The van der Waals surface area contributed by atoms with Crippen LogP contribution in [0.5, 0.6) is 0 Å². The average molecular weight is 330 g/mol. The molecule has 0 unspecified atom stereocenters. The first-order valence-corrected chi connectivity index (χ1v) is 8.36. The van der Waals surface area contributed by atoms with Gasteiger partial charge in [0.05, 0.1) is 19.0 Å². The van der Waals surface area contributed by atoms with E-state index >= 15 is 0 Å². The number of halogens is 1. The third-order valence-corrected chi connectivity index (χ3v) is 5.11. The number of Topliss-reactive ketones (excluding diaryl/α,β-unsaturated/α-hetero) is 1. The second kappa shape index (κ2) is 6.85. The predicted molar refractivity (Wildman–Crippen MR) is 89.5 cm³/mol. The van der Waals surface area contributed by atoms with Gasteiger partial charge in [-0.25, -0.2) is 4.98 Å². The molecule has 1 aliphatic carbocycles. The number of hydrogen-bond donors (Lipinski definition) is 0. The number of aromatic nitrogens is 2. The zero-order valence-electron chi connectivity index (χ0n) is 14.2. The summed E-state index contributed by atoms with van der Waals surface area (Å²) in [6, 6.07) is 9.58. The van der Waals surface area contributed by atoms with Gasteiger partial charge in [-0.3, -0.25) is 4.79 Å². The fraction of sp³-hybridized carbons (Fsp3) is 0.474. The number of ketones is 1. The second-order valence-electron chi connectivity index (χ2n) is 6.76. The first-order valence-electron chi connectivity index (χ1n) is 8.36. The van der Waals surface area contributed by atoms with Gasteiger partial charge < -0.3 is 9.30 Å². The number of rotatable bonds is 7. The molecule has 0 amide bonds. The Morgan fingerprint density at radius 3 is 2.67 bits per heavy atom. The Hall–Kier alpha value is -2.01. The van der Waals surface area contributed by atoms with Gasteiger partial charge >= 0.3 is 0 Å². The minimum atomic E-state index is -0.685. The summed E-state index contributed by atoms with van der Waals surface area (Å²) in [5.74, 6) is -0.876. The van der Waals surface area contributed by atoms with E-state index in [4.69, 9.17) is 4.74 Å². The predicted octanol–water partition coefficient (Wildman–Crippen LogP) is 4.02. The number of carbonyl (C=O) groups is 1. The lowest BCUT2D eigenvalue weighted by Crippen LogP contribution is -2.37. The van der Waals surface area contributed by atoms with E-state index in [1.807, 2.05) is 37.3 Å². The molecule has 0 radical (unpaired) electrons. The zero-order valence-corrected chi connectivity index (χ0v) is 14.2. The van der Waals surface area contributed by atoms with Gasteiger partial charge in [-0.15, -0.1) is 0 Å². The molecular formula is C19H23FN2O2. The summed E-state index contributed by atoms with van der Waals surface area (Å²) in [7, 11) is 1.65. The summed E-state index contributed by atoms with van der Waals surface area (Å²) in [6.07, 6.45) is 4.74. The van der Waals surface area contributed by atoms with Gasteiger partial charge in [0.25, 0.3) is 0 Å². The van der Waals surface area contributed by atoms with Gasteiger partial charge in [-0.1, -0.05) is 36.8 Å². The van der Waals surface area contributed by atoms with E-state index in [1.165, 1.54) is 6.33 Å². The van der Waals surface area contributed by atoms with Crippen molar-refractivity contribution >= 4 is 5.78 Å². The van der Waals surface area contributed by atoms with Crippen molar-refractivity contribution in [2.75, 3.05) is 13.7 Å². The maximum absolute atomic E-state index is 14.2. The lowest BCUT2D eigenvalue weighted by molar-refractivity contribution is 0.0120. The molecule has 1 aromatic heterocycles. The first-order chi connectivity index (χ1) is 11.6. The molecule has 1 fully saturated rings. The highest BCUT2D eigenvalue weighted by atomic mass is 19.1. The number of benzene rings is 1. The van der Waals surface area contributed by atoms with Crippen molar-refractivity contribution in [2.45, 2.75) is 38.6 Å². The van der Waals surface area contributed by atoms with E-state index in [1.54, 1.807) is 11.7 Å². The Kier molecular flexibility index (Phi) is 4.81. The largest absolute Gasteiger partial charge is 0.384 e. The van der Waals surface area contributed by atoms with E-state index in [9.17, 15) is 9.18 Å². The lowest BCUT2D eigenvalue weighted by Gasteiger charge is -2.40. The fourth-order valence-corrected chi connectivity index (χ4v) is 3.56. The molecule has 3 rings (SSSR count). The molecule has 1 atom stereocenters. The Morgan fingerprint density at radius 2 is 2.08 bits per heavy atom. The Labute approximate surface area is 141 Å². The topological polar surface area (TPSA) is 44.1 Å². The normalized spacial score (nSPS) is 17.3. The Morgan fingerprint density at radius 1 is 1.38 bits per heavy atom. The minimum absolute atomic E-state index is 0.0775. The van der Waals surface area contributed by atoms with Crippen LogP contribution in [0.2, 0.25) is 0 Å². The third kappa shape index (κ3) is 3.13. The standard InChI is InChI=1S/C19H23FN2O2/c1-14(15-7-4-3-5-8-15)22-13-21-18(20)17(22)16(23)11-19(12-24-2)9-6-10-19/h3-5,7-8,13-14H,6,9-12H2,1-2H3/t14-/m1/s1. The number of nitrogens with zero attached hydrogens (tertiary/aromatic N) is 2. The molecule has 0 bridgehead atoms. The molecule has 1 heterocycles. The van der Waals surface area contributed by atoms with Crippen molar-refractivity contribution in [1.82, 2.24) is 9.55 Å². The number of methoxy groups -OCH3 is 1. The highest BCUT2D eigenvalue weighted by Crippen LogP contribution is 2.45.